The summed E-state index contributed by atoms with van der Waals surface area (Å²) in [6.45, 7) is 5.32. The quantitative estimate of drug-likeness (QED) is 0.495. The number of benzene rings is 1. The van der Waals surface area contributed by atoms with Crippen LogP contribution < -0.4 is 11.1 Å². The van der Waals surface area contributed by atoms with Crippen LogP contribution in [0, 0.1) is 10.1 Å². The molecule has 0 fully saturated rings. The van der Waals surface area contributed by atoms with Gasteiger partial charge in [-0.1, -0.05) is 13.8 Å². The minimum atomic E-state index is -0.485. The second-order valence-electron chi connectivity index (χ2n) is 4.89. The van der Waals surface area contributed by atoms with Crippen LogP contribution in [0.3, 0.4) is 0 Å². The normalized spacial score (nSPS) is 11.3. The number of aromatic nitrogens is 1. The summed E-state index contributed by atoms with van der Waals surface area (Å²) in [6, 6.07) is 4.54. The zero-order chi connectivity index (χ0) is 14.7. The molecule has 7 heteroatoms. The van der Waals surface area contributed by atoms with Gasteiger partial charge in [0.15, 0.2) is 5.58 Å². The maximum Gasteiger partial charge on any atom is 0.419 e. The van der Waals surface area contributed by atoms with Crippen LogP contribution in [-0.2, 0) is 6.54 Å². The Morgan fingerprint density at radius 1 is 1.45 bits per heavy atom. The first-order valence-corrected chi connectivity index (χ1v) is 6.50. The van der Waals surface area contributed by atoms with Crippen LogP contribution >= 0.6 is 0 Å². The molecule has 1 aromatic carbocycles. The van der Waals surface area contributed by atoms with Gasteiger partial charge in [-0.15, -0.1) is 0 Å². The van der Waals surface area contributed by atoms with Gasteiger partial charge in [0.2, 0.25) is 0 Å². The Kier molecular flexibility index (Phi) is 4.19. The Balaban J connectivity index is 2.23. The van der Waals surface area contributed by atoms with Crippen molar-refractivity contribution < 1.29 is 9.34 Å². The van der Waals surface area contributed by atoms with E-state index in [2.05, 4.69) is 5.32 Å². The Hall–Kier alpha value is -2.15. The fourth-order valence-electron chi connectivity index (χ4n) is 2.00. The van der Waals surface area contributed by atoms with Gasteiger partial charge in [0.05, 0.1) is 10.4 Å². The molecule has 0 aliphatic rings. The lowest BCUT2D eigenvalue weighted by Crippen LogP contribution is -2.25. The largest absolute Gasteiger partial charge is 0.419 e. The van der Waals surface area contributed by atoms with E-state index >= 15 is 0 Å². The number of aryl methyl sites for hydroxylation is 1. The molecule has 0 saturated carbocycles. The smallest absolute Gasteiger partial charge is 0.408 e. The minimum Gasteiger partial charge on any atom is -0.408 e. The molecule has 0 atom stereocenters. The lowest BCUT2D eigenvalue weighted by molar-refractivity contribution is -0.384. The van der Waals surface area contributed by atoms with E-state index in [4.69, 9.17) is 4.42 Å². The molecule has 1 N–H and O–H groups in total. The van der Waals surface area contributed by atoms with Gasteiger partial charge in [-0.05, 0) is 19.0 Å². The summed E-state index contributed by atoms with van der Waals surface area (Å²) in [5, 5.41) is 14.0. The molecule has 1 aromatic heterocycles. The summed E-state index contributed by atoms with van der Waals surface area (Å²) >= 11 is 0. The molecular weight excluding hydrogens is 262 g/mol. The third-order valence-corrected chi connectivity index (χ3v) is 2.97. The molecule has 0 unspecified atom stereocenters. The van der Waals surface area contributed by atoms with E-state index in [9.17, 15) is 14.9 Å². The van der Waals surface area contributed by atoms with Gasteiger partial charge in [-0.25, -0.2) is 4.79 Å². The third-order valence-electron chi connectivity index (χ3n) is 2.97. The molecule has 1 heterocycles. The topological polar surface area (TPSA) is 90.3 Å². The van der Waals surface area contributed by atoms with Gasteiger partial charge in [-0.2, -0.15) is 0 Å². The second kappa shape index (κ2) is 5.87. The first-order valence-electron chi connectivity index (χ1n) is 6.50. The maximum absolute atomic E-state index is 11.8. The second-order valence-corrected chi connectivity index (χ2v) is 4.89. The van der Waals surface area contributed by atoms with Crippen LogP contribution in [0.25, 0.3) is 11.1 Å². The average molecular weight is 279 g/mol. The summed E-state index contributed by atoms with van der Waals surface area (Å²) < 4.78 is 6.51. The summed E-state index contributed by atoms with van der Waals surface area (Å²) in [6.07, 6.45) is 0.745. The molecule has 0 bridgehead atoms. The SMILES string of the molecule is CC(C)NCCCn1c(=O)oc2ccc([N+](=O)[O-])cc21. The molecule has 0 aliphatic heterocycles. The summed E-state index contributed by atoms with van der Waals surface area (Å²) in [4.78, 5) is 22.0. The summed E-state index contributed by atoms with van der Waals surface area (Å²) in [7, 11) is 0. The fourth-order valence-corrected chi connectivity index (χ4v) is 2.00. The van der Waals surface area contributed by atoms with Crippen LogP contribution in [0.2, 0.25) is 0 Å². The van der Waals surface area contributed by atoms with E-state index in [1.807, 2.05) is 13.8 Å². The number of oxazole rings is 1. The highest BCUT2D eigenvalue weighted by Gasteiger charge is 2.13. The number of nitro benzene ring substituents is 1. The van der Waals surface area contributed by atoms with Crippen molar-refractivity contribution in [2.45, 2.75) is 32.9 Å². The highest BCUT2D eigenvalue weighted by atomic mass is 16.6. The molecule has 2 aromatic rings. The Bertz CT molecular complexity index is 672. The average Bonchev–Trinajstić information content (AvgIpc) is 2.69. The fraction of sp³-hybridized carbons (Fsp3) is 0.462. The van der Waals surface area contributed by atoms with Crippen molar-refractivity contribution in [1.82, 2.24) is 9.88 Å². The molecule has 0 aliphatic carbocycles. The van der Waals surface area contributed by atoms with Crippen molar-refractivity contribution in [1.29, 1.82) is 0 Å². The van der Waals surface area contributed by atoms with E-state index < -0.39 is 10.7 Å². The molecule has 2 rings (SSSR count). The van der Waals surface area contributed by atoms with Gasteiger partial charge in [0.25, 0.3) is 5.69 Å². The zero-order valence-electron chi connectivity index (χ0n) is 11.5. The van der Waals surface area contributed by atoms with Gasteiger partial charge in [-0.3, -0.25) is 14.7 Å². The van der Waals surface area contributed by atoms with Crippen LogP contribution in [0.1, 0.15) is 20.3 Å². The zero-order valence-corrected chi connectivity index (χ0v) is 11.5. The van der Waals surface area contributed by atoms with Crippen molar-refractivity contribution in [2.75, 3.05) is 6.54 Å². The number of fused-ring (bicyclic) bond motifs is 1. The minimum absolute atomic E-state index is 0.0487. The number of nitrogens with zero attached hydrogens (tertiary/aromatic N) is 2. The van der Waals surface area contributed by atoms with E-state index in [0.29, 0.717) is 23.7 Å². The summed E-state index contributed by atoms with van der Waals surface area (Å²) in [5.41, 5.74) is 0.790. The van der Waals surface area contributed by atoms with Gasteiger partial charge in [0.1, 0.15) is 0 Å². The van der Waals surface area contributed by atoms with Gasteiger partial charge in [0, 0.05) is 24.7 Å². The van der Waals surface area contributed by atoms with Crippen LogP contribution in [-0.4, -0.2) is 22.1 Å². The molecular formula is C13H17N3O4. The van der Waals surface area contributed by atoms with Crippen molar-refractivity contribution in [3.05, 3.63) is 38.9 Å². The number of hydrogen-bond acceptors (Lipinski definition) is 5. The van der Waals surface area contributed by atoms with Crippen LogP contribution in [0.4, 0.5) is 5.69 Å². The first kappa shape index (κ1) is 14.3. The van der Waals surface area contributed by atoms with Crippen LogP contribution in [0.5, 0.6) is 0 Å². The molecule has 7 nitrogen and oxygen atoms in total. The molecule has 108 valence electrons. The standard InChI is InChI=1S/C13H17N3O4/c1-9(2)14-6-3-7-15-11-8-10(16(18)19)4-5-12(11)20-13(15)17/h4-5,8-9,14H,3,6-7H2,1-2H3. The maximum atomic E-state index is 11.8. The number of nitrogens with one attached hydrogen (secondary N) is 1. The molecule has 0 spiro atoms. The van der Waals surface area contributed by atoms with E-state index in [1.54, 1.807) is 0 Å². The lowest BCUT2D eigenvalue weighted by atomic mass is 10.3. The number of nitro groups is 1. The predicted octanol–water partition coefficient (Wildman–Crippen LogP) is 1.89. The monoisotopic (exact) mass is 279 g/mol. The molecule has 0 saturated heterocycles. The van der Waals surface area contributed by atoms with Gasteiger partial charge < -0.3 is 9.73 Å². The van der Waals surface area contributed by atoms with Gasteiger partial charge >= 0.3 is 5.76 Å². The summed E-state index contributed by atoms with van der Waals surface area (Å²) in [5.74, 6) is -0.481. The van der Waals surface area contributed by atoms with E-state index in [0.717, 1.165) is 13.0 Å². The first-order chi connectivity index (χ1) is 9.49. The van der Waals surface area contributed by atoms with E-state index in [1.165, 1.54) is 22.8 Å². The van der Waals surface area contributed by atoms with Crippen molar-refractivity contribution in [3.8, 4) is 0 Å². The van der Waals surface area contributed by atoms with Crippen molar-refractivity contribution in [3.63, 3.8) is 0 Å². The highest BCUT2D eigenvalue weighted by molar-refractivity contribution is 5.75. The van der Waals surface area contributed by atoms with Crippen molar-refractivity contribution in [2.24, 2.45) is 0 Å². The number of rotatable bonds is 6. The van der Waals surface area contributed by atoms with E-state index in [-0.39, 0.29) is 5.69 Å². The highest BCUT2D eigenvalue weighted by Crippen LogP contribution is 2.20. The van der Waals surface area contributed by atoms with Crippen molar-refractivity contribution >= 4 is 16.8 Å². The van der Waals surface area contributed by atoms with Crippen LogP contribution in [0.15, 0.2) is 27.4 Å². The Morgan fingerprint density at radius 2 is 2.20 bits per heavy atom. The molecule has 20 heavy (non-hydrogen) atoms. The lowest BCUT2D eigenvalue weighted by Gasteiger charge is -2.07. The molecule has 0 radical (unpaired) electrons. The predicted molar refractivity (Wildman–Crippen MR) is 74.9 cm³/mol. The third kappa shape index (κ3) is 3.05. The number of hydrogen-bond donors (Lipinski definition) is 1. The molecule has 0 amide bonds. The Labute approximate surface area is 115 Å². The Morgan fingerprint density at radius 3 is 2.85 bits per heavy atom. The number of non-ortho nitro benzene ring substituents is 1.